The van der Waals surface area contributed by atoms with E-state index in [4.69, 9.17) is 20.5 Å². The third-order valence-electron chi connectivity index (χ3n) is 3.91. The highest BCUT2D eigenvalue weighted by Gasteiger charge is 2.52. The van der Waals surface area contributed by atoms with E-state index in [1.807, 2.05) is 48.5 Å². The summed E-state index contributed by atoms with van der Waals surface area (Å²) in [5.41, 5.74) is -0.868. The quantitative estimate of drug-likeness (QED) is 0.590. The Kier molecular flexibility index (Phi) is 5.61. The molecule has 0 bridgehead atoms. The van der Waals surface area contributed by atoms with Crippen molar-refractivity contribution in [3.63, 3.8) is 0 Å². The van der Waals surface area contributed by atoms with Gasteiger partial charge in [-0.25, -0.2) is 4.79 Å². The molecule has 0 aromatic heterocycles. The molecule has 23 heavy (non-hydrogen) atoms. The molecule has 5 nitrogen and oxygen atoms in total. The summed E-state index contributed by atoms with van der Waals surface area (Å²) in [6.07, 6.45) is 4.88. The second kappa shape index (κ2) is 6.58. The van der Waals surface area contributed by atoms with Crippen LogP contribution in [0.4, 0.5) is 4.79 Å². The molecule has 0 radical (unpaired) electrons. The van der Waals surface area contributed by atoms with Crippen LogP contribution >= 0.6 is 0 Å². The molecule has 128 valence electrons. The fourth-order valence-corrected chi connectivity index (χ4v) is 1.95. The first-order valence-electron chi connectivity index (χ1n) is 7.74. The predicted molar refractivity (Wildman–Crippen MR) is 91.9 cm³/mol. The van der Waals surface area contributed by atoms with Gasteiger partial charge in [0.25, 0.3) is 0 Å². The molecule has 0 aromatic rings. The van der Waals surface area contributed by atoms with Gasteiger partial charge >= 0.3 is 13.2 Å². The Morgan fingerprint density at radius 2 is 1.74 bits per heavy atom. The van der Waals surface area contributed by atoms with Crippen molar-refractivity contribution in [2.24, 2.45) is 0 Å². The zero-order chi connectivity index (χ0) is 18.1. The summed E-state index contributed by atoms with van der Waals surface area (Å²) in [5, 5.41) is 0. The van der Waals surface area contributed by atoms with Gasteiger partial charge in [-0.15, -0.1) is 13.0 Å². The lowest BCUT2D eigenvalue weighted by molar-refractivity contribution is 0.00578. The summed E-state index contributed by atoms with van der Waals surface area (Å²) in [6.45, 7) is 17.6. The molecule has 6 heteroatoms. The van der Waals surface area contributed by atoms with Gasteiger partial charge in [0.1, 0.15) is 5.60 Å². The lowest BCUT2D eigenvalue weighted by Gasteiger charge is -2.32. The van der Waals surface area contributed by atoms with Gasteiger partial charge < -0.3 is 14.0 Å². The van der Waals surface area contributed by atoms with Crippen LogP contribution in [-0.4, -0.2) is 48.0 Å². The largest absolute Gasteiger partial charge is 0.491 e. The van der Waals surface area contributed by atoms with Crippen LogP contribution in [0, 0.1) is 12.3 Å². The van der Waals surface area contributed by atoms with Gasteiger partial charge in [0, 0.05) is 6.54 Å². The lowest BCUT2D eigenvalue weighted by Crippen LogP contribution is -2.41. The van der Waals surface area contributed by atoms with Crippen LogP contribution in [0.15, 0.2) is 12.1 Å². The van der Waals surface area contributed by atoms with E-state index in [0.29, 0.717) is 5.47 Å². The van der Waals surface area contributed by atoms with E-state index in [1.54, 1.807) is 0 Å². The average molecular weight is 321 g/mol. The highest BCUT2D eigenvalue weighted by molar-refractivity contribution is 6.54. The van der Waals surface area contributed by atoms with Gasteiger partial charge in [-0.1, -0.05) is 5.92 Å². The minimum atomic E-state index is -0.588. The van der Waals surface area contributed by atoms with Crippen LogP contribution < -0.4 is 0 Å². The van der Waals surface area contributed by atoms with Gasteiger partial charge in [-0.3, -0.25) is 4.90 Å². The van der Waals surface area contributed by atoms with E-state index in [1.165, 1.54) is 4.90 Å². The summed E-state index contributed by atoms with van der Waals surface area (Å²) in [7, 11) is -0.581. The maximum atomic E-state index is 12.2. The molecule has 0 saturated carbocycles. The summed E-state index contributed by atoms with van der Waals surface area (Å²) in [4.78, 5) is 13.7. The Bertz CT molecular complexity index is 498. The fourth-order valence-electron chi connectivity index (χ4n) is 1.95. The fraction of sp³-hybridized carbons (Fsp3) is 0.706. The summed E-state index contributed by atoms with van der Waals surface area (Å²) in [6, 6.07) is 0. The maximum Gasteiger partial charge on any atom is 0.491 e. The van der Waals surface area contributed by atoms with Crippen LogP contribution in [-0.2, 0) is 14.0 Å². The number of hydrogen-bond acceptors (Lipinski definition) is 4. The van der Waals surface area contributed by atoms with E-state index in [-0.39, 0.29) is 13.1 Å². The number of terminal acetylenes is 1. The van der Waals surface area contributed by atoms with Crippen molar-refractivity contribution in [3.8, 4) is 12.3 Å². The van der Waals surface area contributed by atoms with E-state index in [0.717, 1.165) is 0 Å². The summed E-state index contributed by atoms with van der Waals surface area (Å²) in [5.74, 6) is 2.47. The van der Waals surface area contributed by atoms with Crippen LogP contribution in [0.2, 0.25) is 0 Å². The minimum absolute atomic E-state index is 0.132. The van der Waals surface area contributed by atoms with E-state index >= 15 is 0 Å². The summed E-state index contributed by atoms with van der Waals surface area (Å²) >= 11 is 0. The number of hydrogen-bond donors (Lipinski definition) is 0. The zero-order valence-corrected chi connectivity index (χ0v) is 15.4. The molecule has 1 heterocycles. The SMILES string of the molecule is C#CCN(CC(=C)B1OC(C)(C)C(C)(C)O1)C(=O)OC(C)(C)C. The molecule has 1 amide bonds. The molecule has 1 aliphatic rings. The number of ether oxygens (including phenoxy) is 1. The van der Waals surface area contributed by atoms with Crippen LogP contribution in [0.3, 0.4) is 0 Å². The average Bonchev–Trinajstić information content (AvgIpc) is 2.55. The zero-order valence-electron chi connectivity index (χ0n) is 15.4. The topological polar surface area (TPSA) is 48.0 Å². The first-order valence-corrected chi connectivity index (χ1v) is 7.74. The third-order valence-corrected chi connectivity index (χ3v) is 3.91. The van der Waals surface area contributed by atoms with Gasteiger partial charge in [0.05, 0.1) is 17.7 Å². The third kappa shape index (κ3) is 5.02. The lowest BCUT2D eigenvalue weighted by atomic mass is 9.79. The first kappa shape index (κ1) is 19.6. The highest BCUT2D eigenvalue weighted by atomic mass is 16.7. The number of nitrogens with zero attached hydrogens (tertiary/aromatic N) is 1. The smallest absolute Gasteiger partial charge is 0.444 e. The van der Waals surface area contributed by atoms with E-state index in [2.05, 4.69) is 12.5 Å². The molecule has 1 rings (SSSR count). The molecular weight excluding hydrogens is 293 g/mol. The molecule has 0 N–H and O–H groups in total. The van der Waals surface area contributed by atoms with Gasteiger partial charge in [0.15, 0.2) is 0 Å². The Labute approximate surface area is 140 Å². The van der Waals surface area contributed by atoms with Crippen molar-refractivity contribution in [1.82, 2.24) is 4.90 Å². The van der Waals surface area contributed by atoms with E-state index in [9.17, 15) is 4.79 Å². The predicted octanol–water partition coefficient (Wildman–Crippen LogP) is 3.04. The van der Waals surface area contributed by atoms with Crippen molar-refractivity contribution in [2.75, 3.05) is 13.1 Å². The van der Waals surface area contributed by atoms with Crippen LogP contribution in [0.25, 0.3) is 0 Å². The number of amides is 1. The number of carbonyl (C=O) groups excluding carboxylic acids is 1. The Hall–Kier alpha value is -1.45. The molecule has 1 aliphatic heterocycles. The van der Waals surface area contributed by atoms with Gasteiger partial charge in [-0.05, 0) is 53.9 Å². The van der Waals surface area contributed by atoms with Gasteiger partial charge in [-0.2, -0.15) is 0 Å². The highest BCUT2D eigenvalue weighted by Crippen LogP contribution is 2.38. The van der Waals surface area contributed by atoms with Crippen molar-refractivity contribution in [3.05, 3.63) is 12.1 Å². The number of rotatable bonds is 4. The summed E-state index contributed by atoms with van der Waals surface area (Å²) < 4.78 is 17.2. The second-order valence-corrected chi connectivity index (χ2v) is 7.79. The Morgan fingerprint density at radius 3 is 2.13 bits per heavy atom. The molecule has 0 aromatic carbocycles. The number of carbonyl (C=O) groups is 1. The molecule has 0 unspecified atom stereocenters. The normalized spacial score (nSPS) is 19.1. The molecule has 1 fully saturated rings. The Balaban J connectivity index is 2.77. The first-order chi connectivity index (χ1) is 10.3. The van der Waals surface area contributed by atoms with Crippen molar-refractivity contribution in [1.29, 1.82) is 0 Å². The minimum Gasteiger partial charge on any atom is -0.444 e. The van der Waals surface area contributed by atoms with Crippen LogP contribution in [0.1, 0.15) is 48.5 Å². The second-order valence-electron chi connectivity index (χ2n) is 7.79. The molecule has 0 atom stereocenters. The van der Waals surface area contributed by atoms with E-state index < -0.39 is 30.0 Å². The Morgan fingerprint density at radius 1 is 1.26 bits per heavy atom. The molecule has 0 aliphatic carbocycles. The van der Waals surface area contributed by atoms with Gasteiger partial charge in [0.2, 0.25) is 0 Å². The molecule has 1 saturated heterocycles. The van der Waals surface area contributed by atoms with Crippen LogP contribution in [0.5, 0.6) is 0 Å². The molecule has 0 spiro atoms. The monoisotopic (exact) mass is 321 g/mol. The molecular formula is C17H28BNO4. The van der Waals surface area contributed by atoms with Crippen molar-refractivity contribution in [2.45, 2.75) is 65.3 Å². The standard InChI is InChI=1S/C17H28BNO4/c1-10-11-19(14(20)21-15(3,4)5)12-13(2)18-22-16(6,7)17(8,9)23-18/h1H,2,11-12H2,3-9H3. The maximum absolute atomic E-state index is 12.2. The van der Waals surface area contributed by atoms with Crippen molar-refractivity contribution >= 4 is 13.2 Å². The van der Waals surface area contributed by atoms with Crippen molar-refractivity contribution < 1.29 is 18.8 Å².